The lowest BCUT2D eigenvalue weighted by molar-refractivity contribution is -0.131. The van der Waals surface area contributed by atoms with Crippen molar-refractivity contribution < 1.29 is 23.9 Å². The van der Waals surface area contributed by atoms with Crippen LogP contribution in [0.4, 0.5) is 0 Å². The Labute approximate surface area is 127 Å². The van der Waals surface area contributed by atoms with Crippen LogP contribution in [0.2, 0.25) is 0 Å². The molecule has 0 aliphatic rings. The molecule has 2 aromatic rings. The van der Waals surface area contributed by atoms with Crippen molar-refractivity contribution in [2.24, 2.45) is 0 Å². The quantitative estimate of drug-likeness (QED) is 0.482. The number of carbonyl (C=O) groups is 3. The first kappa shape index (κ1) is 15.4. The molecule has 2 aromatic carbocycles. The molecule has 22 heavy (non-hydrogen) atoms. The molecule has 5 nitrogen and oxygen atoms in total. The van der Waals surface area contributed by atoms with E-state index in [2.05, 4.69) is 0 Å². The molecule has 0 aromatic heterocycles. The predicted molar refractivity (Wildman–Crippen MR) is 78.8 cm³/mol. The fourth-order valence-corrected chi connectivity index (χ4v) is 1.81. The van der Waals surface area contributed by atoms with Gasteiger partial charge < -0.3 is 9.47 Å². The van der Waals surface area contributed by atoms with Gasteiger partial charge in [-0.2, -0.15) is 0 Å². The first-order valence-electron chi connectivity index (χ1n) is 6.61. The fraction of sp³-hybridized carbons (Fsp3) is 0.118. The van der Waals surface area contributed by atoms with Gasteiger partial charge in [-0.05, 0) is 24.3 Å². The summed E-state index contributed by atoms with van der Waals surface area (Å²) in [5.74, 6) is -1.41. The summed E-state index contributed by atoms with van der Waals surface area (Å²) in [5.41, 5.74) is 0.558. The van der Waals surface area contributed by atoms with Gasteiger partial charge in [0.1, 0.15) is 5.75 Å². The summed E-state index contributed by atoms with van der Waals surface area (Å²) in [7, 11) is 0. The van der Waals surface area contributed by atoms with E-state index in [-0.39, 0.29) is 11.3 Å². The lowest BCUT2D eigenvalue weighted by atomic mass is 10.1. The summed E-state index contributed by atoms with van der Waals surface area (Å²) in [6.45, 7) is 0.822. The second-order valence-corrected chi connectivity index (χ2v) is 4.46. The molecule has 0 amide bonds. The second kappa shape index (κ2) is 7.17. The van der Waals surface area contributed by atoms with Gasteiger partial charge in [-0.3, -0.25) is 9.59 Å². The number of esters is 2. The van der Waals surface area contributed by atoms with E-state index in [4.69, 9.17) is 9.47 Å². The molecule has 0 spiro atoms. The normalized spacial score (nSPS) is 9.86. The third kappa shape index (κ3) is 4.02. The number of hydrogen-bond donors (Lipinski definition) is 0. The average molecular weight is 298 g/mol. The summed E-state index contributed by atoms with van der Waals surface area (Å²) in [6.07, 6.45) is 0. The Hall–Kier alpha value is -2.95. The molecule has 2 rings (SSSR count). The second-order valence-electron chi connectivity index (χ2n) is 4.46. The van der Waals surface area contributed by atoms with Crippen molar-refractivity contribution in [3.05, 3.63) is 65.7 Å². The highest BCUT2D eigenvalue weighted by Gasteiger charge is 2.16. The summed E-state index contributed by atoms with van der Waals surface area (Å²) in [4.78, 5) is 34.9. The molecule has 5 heteroatoms. The van der Waals surface area contributed by atoms with Crippen LogP contribution in [0.5, 0.6) is 5.75 Å². The van der Waals surface area contributed by atoms with Gasteiger partial charge in [-0.15, -0.1) is 0 Å². The van der Waals surface area contributed by atoms with E-state index in [9.17, 15) is 14.4 Å². The lowest BCUT2D eigenvalue weighted by Gasteiger charge is -2.08. The van der Waals surface area contributed by atoms with Crippen LogP contribution in [-0.4, -0.2) is 24.3 Å². The van der Waals surface area contributed by atoms with Crippen LogP contribution in [0.3, 0.4) is 0 Å². The molecule has 0 unspecified atom stereocenters. The van der Waals surface area contributed by atoms with Gasteiger partial charge in [0.05, 0.1) is 11.1 Å². The Morgan fingerprint density at radius 1 is 0.909 bits per heavy atom. The minimum Gasteiger partial charge on any atom is -0.454 e. The van der Waals surface area contributed by atoms with Crippen LogP contribution in [-0.2, 0) is 9.53 Å². The van der Waals surface area contributed by atoms with E-state index < -0.39 is 24.3 Å². The van der Waals surface area contributed by atoms with E-state index >= 15 is 0 Å². The highest BCUT2D eigenvalue weighted by Crippen LogP contribution is 2.19. The Balaban J connectivity index is 2.04. The van der Waals surface area contributed by atoms with Crippen molar-refractivity contribution in [2.75, 3.05) is 6.61 Å². The van der Waals surface area contributed by atoms with Crippen LogP contribution >= 0.6 is 0 Å². The number of ketones is 1. The number of rotatable bonds is 5. The standard InChI is InChI=1S/C17H14O5/c1-12(18)22-16-10-6-5-9-14(16)15(19)11-21-17(20)13-7-3-2-4-8-13/h2-10H,11H2,1H3. The number of ether oxygens (including phenoxy) is 2. The van der Waals surface area contributed by atoms with E-state index in [1.54, 1.807) is 42.5 Å². The van der Waals surface area contributed by atoms with E-state index in [1.165, 1.54) is 19.1 Å². The third-order valence-electron chi connectivity index (χ3n) is 2.79. The molecule has 0 fully saturated rings. The average Bonchev–Trinajstić information content (AvgIpc) is 2.53. The fourth-order valence-electron chi connectivity index (χ4n) is 1.81. The maximum atomic E-state index is 12.1. The van der Waals surface area contributed by atoms with Crippen molar-refractivity contribution in [2.45, 2.75) is 6.92 Å². The van der Waals surface area contributed by atoms with Crippen molar-refractivity contribution in [3.63, 3.8) is 0 Å². The zero-order chi connectivity index (χ0) is 15.9. The molecular weight excluding hydrogens is 284 g/mol. The third-order valence-corrected chi connectivity index (χ3v) is 2.79. The first-order valence-corrected chi connectivity index (χ1v) is 6.61. The van der Waals surface area contributed by atoms with E-state index in [1.807, 2.05) is 0 Å². The highest BCUT2D eigenvalue weighted by atomic mass is 16.5. The Morgan fingerprint density at radius 3 is 2.23 bits per heavy atom. The number of carbonyl (C=O) groups excluding carboxylic acids is 3. The molecule has 0 bridgehead atoms. The molecule has 0 aliphatic carbocycles. The highest BCUT2D eigenvalue weighted by molar-refractivity contribution is 6.01. The monoisotopic (exact) mass is 298 g/mol. The minimum absolute atomic E-state index is 0.149. The molecule has 0 heterocycles. The summed E-state index contributed by atoms with van der Waals surface area (Å²) in [5, 5.41) is 0. The number of para-hydroxylation sites is 1. The van der Waals surface area contributed by atoms with E-state index in [0.717, 1.165) is 0 Å². The smallest absolute Gasteiger partial charge is 0.338 e. The van der Waals surface area contributed by atoms with Crippen LogP contribution in [0.25, 0.3) is 0 Å². The molecule has 0 radical (unpaired) electrons. The van der Waals surface area contributed by atoms with Gasteiger partial charge in [-0.25, -0.2) is 4.79 Å². The van der Waals surface area contributed by atoms with Crippen molar-refractivity contribution in [1.29, 1.82) is 0 Å². The Bertz CT molecular complexity index is 691. The van der Waals surface area contributed by atoms with Gasteiger partial charge >= 0.3 is 11.9 Å². The molecule has 112 valence electrons. The van der Waals surface area contributed by atoms with Crippen LogP contribution < -0.4 is 4.74 Å². The lowest BCUT2D eigenvalue weighted by Crippen LogP contribution is -2.16. The summed E-state index contributed by atoms with van der Waals surface area (Å²) < 4.78 is 9.93. The molecule has 0 saturated carbocycles. The molecular formula is C17H14O5. The molecule has 0 saturated heterocycles. The number of hydrogen-bond acceptors (Lipinski definition) is 5. The van der Waals surface area contributed by atoms with Crippen molar-refractivity contribution >= 4 is 17.7 Å². The van der Waals surface area contributed by atoms with Gasteiger partial charge in [-0.1, -0.05) is 30.3 Å². The minimum atomic E-state index is -0.584. The van der Waals surface area contributed by atoms with Crippen molar-refractivity contribution in [1.82, 2.24) is 0 Å². The first-order chi connectivity index (χ1) is 10.6. The van der Waals surface area contributed by atoms with Gasteiger partial charge in [0, 0.05) is 6.92 Å². The van der Waals surface area contributed by atoms with Crippen LogP contribution in [0, 0.1) is 0 Å². The van der Waals surface area contributed by atoms with Crippen molar-refractivity contribution in [3.8, 4) is 5.75 Å². The SMILES string of the molecule is CC(=O)Oc1ccccc1C(=O)COC(=O)c1ccccc1. The molecule has 0 aliphatic heterocycles. The predicted octanol–water partition coefficient (Wildman–Crippen LogP) is 2.65. The Kier molecular flexibility index (Phi) is 5.03. The number of Topliss-reactive ketones (excluding diaryl/α,β-unsaturated/α-hetero) is 1. The molecule has 0 N–H and O–H groups in total. The maximum Gasteiger partial charge on any atom is 0.338 e. The maximum absolute atomic E-state index is 12.1. The molecule has 0 atom stereocenters. The summed E-state index contributed by atoms with van der Waals surface area (Å²) >= 11 is 0. The Morgan fingerprint density at radius 2 is 1.55 bits per heavy atom. The van der Waals surface area contributed by atoms with E-state index in [0.29, 0.717) is 5.56 Å². The zero-order valence-electron chi connectivity index (χ0n) is 11.9. The van der Waals surface area contributed by atoms with Crippen LogP contribution in [0.1, 0.15) is 27.6 Å². The van der Waals surface area contributed by atoms with Gasteiger partial charge in [0.15, 0.2) is 6.61 Å². The largest absolute Gasteiger partial charge is 0.454 e. The van der Waals surface area contributed by atoms with Gasteiger partial charge in [0.2, 0.25) is 5.78 Å². The van der Waals surface area contributed by atoms with Crippen LogP contribution in [0.15, 0.2) is 54.6 Å². The topological polar surface area (TPSA) is 69.7 Å². The number of benzene rings is 2. The zero-order valence-corrected chi connectivity index (χ0v) is 11.9. The van der Waals surface area contributed by atoms with Gasteiger partial charge in [0.25, 0.3) is 0 Å². The summed E-state index contributed by atoms with van der Waals surface area (Å²) in [6, 6.07) is 14.7.